The van der Waals surface area contributed by atoms with Gasteiger partial charge in [0.2, 0.25) is 0 Å². The summed E-state index contributed by atoms with van der Waals surface area (Å²) in [6.07, 6.45) is 8.61. The average molecular weight is 436 g/mol. The molecule has 5 rings (SSSR count). The first-order valence-electron chi connectivity index (χ1n) is 10.7. The lowest BCUT2D eigenvalue weighted by Gasteiger charge is -2.39. The lowest BCUT2D eigenvalue weighted by molar-refractivity contribution is 0.136. The molecule has 2 saturated heterocycles. The van der Waals surface area contributed by atoms with E-state index in [1.54, 1.807) is 12.4 Å². The number of hydrogen-bond acceptors (Lipinski definition) is 9. The zero-order chi connectivity index (χ0) is 21.2. The van der Waals surface area contributed by atoms with E-state index in [9.17, 15) is 5.11 Å². The monoisotopic (exact) mass is 435 g/mol. The Morgan fingerprint density at radius 1 is 1.26 bits per heavy atom. The molecule has 9 heteroatoms. The van der Waals surface area contributed by atoms with E-state index in [1.165, 1.54) is 24.2 Å². The Hall–Kier alpha value is -2.80. The molecule has 3 aromatic rings. The molecule has 0 aromatic carbocycles. The summed E-state index contributed by atoms with van der Waals surface area (Å²) in [5.41, 5.74) is 0.871. The van der Waals surface area contributed by atoms with Crippen molar-refractivity contribution in [3.63, 3.8) is 0 Å². The van der Waals surface area contributed by atoms with E-state index in [-0.39, 0.29) is 6.61 Å². The van der Waals surface area contributed by atoms with Gasteiger partial charge in [0.05, 0.1) is 23.1 Å². The number of anilines is 3. The number of thiazole rings is 1. The third-order valence-electron chi connectivity index (χ3n) is 6.25. The first kappa shape index (κ1) is 20.1. The molecule has 0 spiro atoms. The Kier molecular flexibility index (Phi) is 5.68. The maximum absolute atomic E-state index is 9.29. The minimum absolute atomic E-state index is 0.0196. The Balaban J connectivity index is 1.37. The van der Waals surface area contributed by atoms with Crippen LogP contribution in [-0.2, 0) is 6.61 Å². The Morgan fingerprint density at radius 3 is 2.84 bits per heavy atom. The van der Waals surface area contributed by atoms with E-state index in [2.05, 4.69) is 31.6 Å². The molecule has 0 aliphatic carbocycles. The van der Waals surface area contributed by atoms with Crippen molar-refractivity contribution < 1.29 is 5.11 Å². The maximum Gasteiger partial charge on any atom is 0.188 e. The number of hydrogen-bond donors (Lipinski definition) is 3. The molecule has 2 aliphatic heterocycles. The summed E-state index contributed by atoms with van der Waals surface area (Å²) in [5.74, 6) is 1.52. The molecule has 3 N–H and O–H groups in total. The largest absolute Gasteiger partial charge is 0.391 e. The third kappa shape index (κ3) is 4.19. The van der Waals surface area contributed by atoms with Gasteiger partial charge < -0.3 is 15.7 Å². The molecule has 2 bridgehead atoms. The van der Waals surface area contributed by atoms with Crippen LogP contribution in [0.3, 0.4) is 0 Å². The van der Waals surface area contributed by atoms with Gasteiger partial charge in [0.25, 0.3) is 0 Å². The van der Waals surface area contributed by atoms with Gasteiger partial charge in [-0.1, -0.05) is 11.3 Å². The summed E-state index contributed by atoms with van der Waals surface area (Å²) in [6, 6.07) is 9.63. The van der Waals surface area contributed by atoms with Gasteiger partial charge in [0, 0.05) is 54.9 Å². The number of nitrogens with zero attached hydrogens (tertiary/aromatic N) is 5. The van der Waals surface area contributed by atoms with E-state index >= 15 is 0 Å². The van der Waals surface area contributed by atoms with Gasteiger partial charge >= 0.3 is 0 Å². The van der Waals surface area contributed by atoms with Crippen molar-refractivity contribution in [2.75, 3.05) is 17.2 Å². The van der Waals surface area contributed by atoms with Gasteiger partial charge in [-0.3, -0.25) is 9.88 Å². The zero-order valence-electron chi connectivity index (χ0n) is 17.2. The summed E-state index contributed by atoms with van der Waals surface area (Å²) < 4.78 is 0. The first-order valence-corrected chi connectivity index (χ1v) is 11.5. The molecule has 3 atom stereocenters. The summed E-state index contributed by atoms with van der Waals surface area (Å²) in [4.78, 5) is 17.0. The van der Waals surface area contributed by atoms with Crippen LogP contribution in [0.5, 0.6) is 0 Å². The van der Waals surface area contributed by atoms with Gasteiger partial charge in [-0.15, -0.1) is 0 Å². The summed E-state index contributed by atoms with van der Waals surface area (Å²) in [7, 11) is 0. The fourth-order valence-electron chi connectivity index (χ4n) is 4.93. The number of aliphatic hydroxyl groups excluding tert-OH is 1. The summed E-state index contributed by atoms with van der Waals surface area (Å²) in [5, 5.41) is 26.9. The van der Waals surface area contributed by atoms with E-state index < -0.39 is 0 Å². The molecule has 3 aromatic heterocycles. The second kappa shape index (κ2) is 8.75. The van der Waals surface area contributed by atoms with Gasteiger partial charge in [0.1, 0.15) is 11.6 Å². The van der Waals surface area contributed by atoms with Crippen LogP contribution in [0, 0.1) is 11.3 Å². The van der Waals surface area contributed by atoms with Gasteiger partial charge in [-0.2, -0.15) is 5.26 Å². The van der Waals surface area contributed by atoms with Crippen LogP contribution < -0.4 is 10.6 Å². The predicted octanol–water partition coefficient (Wildman–Crippen LogP) is 3.64. The second-order valence-corrected chi connectivity index (χ2v) is 9.30. The molecule has 2 fully saturated rings. The van der Waals surface area contributed by atoms with Crippen LogP contribution in [0.1, 0.15) is 37.0 Å². The zero-order valence-corrected chi connectivity index (χ0v) is 18.0. The Labute approximate surface area is 185 Å². The highest BCUT2D eigenvalue weighted by atomic mass is 32.1. The average Bonchev–Trinajstić information content (AvgIpc) is 3.33. The molecule has 2 aliphatic rings. The number of pyridine rings is 2. The lowest BCUT2D eigenvalue weighted by Crippen LogP contribution is -2.47. The standard InChI is InChI=1S/C22H25N7OS/c23-6-2-8-29-15-4-5-16(29)10-14(9-15)26-21-18-3-1-7-24-19(18)11-20(27-21)28-22-25-12-17(13-30)31-22/h1,3,7,11-12,14-16,30H,2,4-5,8-10,13H2,(H2,25,26,27,28)/t14?,15-,16+. The maximum atomic E-state index is 9.29. The fourth-order valence-corrected chi connectivity index (χ4v) is 5.61. The second-order valence-electron chi connectivity index (χ2n) is 8.18. The number of nitrogens with one attached hydrogen (secondary N) is 2. The van der Waals surface area contributed by atoms with E-state index in [0.717, 1.165) is 41.0 Å². The van der Waals surface area contributed by atoms with Crippen LogP contribution in [0.15, 0.2) is 30.6 Å². The number of piperidine rings is 1. The highest BCUT2D eigenvalue weighted by Crippen LogP contribution is 2.37. The molecule has 160 valence electrons. The van der Waals surface area contributed by atoms with Crippen molar-refractivity contribution in [1.82, 2.24) is 19.9 Å². The highest BCUT2D eigenvalue weighted by Gasteiger charge is 2.40. The van der Waals surface area contributed by atoms with E-state index in [4.69, 9.17) is 10.2 Å². The molecular weight excluding hydrogens is 410 g/mol. The number of aromatic nitrogens is 3. The molecular formula is C22H25N7OS. The first-order chi connectivity index (χ1) is 15.2. The number of fused-ring (bicyclic) bond motifs is 3. The molecule has 5 heterocycles. The normalized spacial score (nSPS) is 23.0. The van der Waals surface area contributed by atoms with Crippen LogP contribution in [0.25, 0.3) is 10.9 Å². The Morgan fingerprint density at radius 2 is 2.10 bits per heavy atom. The van der Waals surface area contributed by atoms with E-state index in [0.29, 0.717) is 35.5 Å². The van der Waals surface area contributed by atoms with Crippen molar-refractivity contribution in [3.05, 3.63) is 35.5 Å². The highest BCUT2D eigenvalue weighted by molar-refractivity contribution is 7.15. The molecule has 1 unspecified atom stereocenters. The lowest BCUT2D eigenvalue weighted by atomic mass is 9.97. The van der Waals surface area contributed by atoms with Crippen molar-refractivity contribution >= 4 is 39.0 Å². The number of aliphatic hydroxyl groups is 1. The molecule has 8 nitrogen and oxygen atoms in total. The van der Waals surface area contributed by atoms with Gasteiger partial charge in [-0.05, 0) is 37.8 Å². The fraction of sp³-hybridized carbons (Fsp3) is 0.455. The van der Waals surface area contributed by atoms with Crippen LogP contribution in [0.4, 0.5) is 16.8 Å². The quantitative estimate of drug-likeness (QED) is 0.516. The van der Waals surface area contributed by atoms with Crippen molar-refractivity contribution in [2.24, 2.45) is 0 Å². The van der Waals surface area contributed by atoms with Crippen LogP contribution >= 0.6 is 11.3 Å². The molecule has 0 amide bonds. The number of nitriles is 1. The predicted molar refractivity (Wildman–Crippen MR) is 121 cm³/mol. The summed E-state index contributed by atoms with van der Waals surface area (Å²) in [6.45, 7) is 0.862. The topological polar surface area (TPSA) is 110 Å². The minimum Gasteiger partial charge on any atom is -0.391 e. The van der Waals surface area contributed by atoms with E-state index in [1.807, 2.05) is 18.2 Å². The smallest absolute Gasteiger partial charge is 0.188 e. The van der Waals surface area contributed by atoms with Crippen molar-refractivity contribution in [3.8, 4) is 6.07 Å². The van der Waals surface area contributed by atoms with Crippen molar-refractivity contribution in [1.29, 1.82) is 5.26 Å². The SMILES string of the molecule is N#CCCN1[C@@H]2CC[C@H]1CC(Nc1nc(Nc3ncc(CO)s3)cc3ncccc13)C2. The molecule has 0 radical (unpaired) electrons. The van der Waals surface area contributed by atoms with Gasteiger partial charge in [0.15, 0.2) is 5.13 Å². The van der Waals surface area contributed by atoms with Crippen molar-refractivity contribution in [2.45, 2.75) is 56.8 Å². The third-order valence-corrected chi connectivity index (χ3v) is 7.15. The van der Waals surface area contributed by atoms with Crippen LogP contribution in [0.2, 0.25) is 0 Å². The number of rotatable bonds is 7. The minimum atomic E-state index is -0.0196. The summed E-state index contributed by atoms with van der Waals surface area (Å²) >= 11 is 1.41. The molecule has 0 saturated carbocycles. The van der Waals surface area contributed by atoms with Crippen LogP contribution in [-0.4, -0.2) is 49.6 Å². The van der Waals surface area contributed by atoms with Gasteiger partial charge in [-0.25, -0.2) is 9.97 Å². The molecule has 31 heavy (non-hydrogen) atoms. The Bertz CT molecular complexity index is 1100.